The second-order valence-electron chi connectivity index (χ2n) is 3.46. The van der Waals surface area contributed by atoms with E-state index in [1.165, 1.54) is 18.2 Å². The summed E-state index contributed by atoms with van der Waals surface area (Å²) in [5.41, 5.74) is 0.617. The minimum atomic E-state index is -4.37. The van der Waals surface area contributed by atoms with Crippen LogP contribution < -0.4 is 10.6 Å². The minimum absolute atomic E-state index is 0.0774. The van der Waals surface area contributed by atoms with Gasteiger partial charge in [0, 0.05) is 18.8 Å². The first-order valence-electron chi connectivity index (χ1n) is 5.11. The van der Waals surface area contributed by atoms with E-state index >= 15 is 0 Å². The number of aliphatic hydroxyl groups is 1. The Kier molecular flexibility index (Phi) is 5.23. The van der Waals surface area contributed by atoms with Crippen LogP contribution in [0.15, 0.2) is 23.1 Å². The number of carbonyl (C=O) groups is 1. The van der Waals surface area contributed by atoms with Crippen LogP contribution >= 0.6 is 0 Å². The molecule has 100 valence electrons. The zero-order chi connectivity index (χ0) is 13.6. The molecule has 0 aliphatic heterocycles. The lowest BCUT2D eigenvalue weighted by molar-refractivity contribution is -0.105. The van der Waals surface area contributed by atoms with E-state index in [9.17, 15) is 13.2 Å². The molecule has 1 aromatic rings. The maximum Gasteiger partial charge on any atom is 0.294 e. The fraction of sp³-hybridized carbons (Fsp3) is 0.300. The lowest BCUT2D eigenvalue weighted by Gasteiger charge is -2.09. The summed E-state index contributed by atoms with van der Waals surface area (Å²) in [7, 11) is -4.37. The van der Waals surface area contributed by atoms with Crippen LogP contribution in [0.25, 0.3) is 0 Å². The molecule has 0 radical (unpaired) electrons. The Hall–Kier alpha value is -1.48. The average molecular weight is 274 g/mol. The van der Waals surface area contributed by atoms with Gasteiger partial charge in [-0.3, -0.25) is 9.35 Å². The molecule has 8 heteroatoms. The van der Waals surface area contributed by atoms with Gasteiger partial charge in [-0.05, 0) is 17.7 Å². The van der Waals surface area contributed by atoms with Crippen LogP contribution in [0.2, 0.25) is 0 Å². The monoisotopic (exact) mass is 274 g/mol. The molecule has 0 spiro atoms. The maximum absolute atomic E-state index is 11.2. The third-order valence-corrected chi connectivity index (χ3v) is 3.11. The van der Waals surface area contributed by atoms with Gasteiger partial charge in [0.05, 0.1) is 6.61 Å². The molecule has 0 saturated carbocycles. The standard InChI is InChI=1S/C10H14N2O5S/c13-4-3-11-6-8-1-2-9(12-7-14)5-10(8)18(15,16)17/h1-2,5,7,11,13H,3-4,6H2,(H,12,14)(H,15,16,17). The van der Waals surface area contributed by atoms with Crippen molar-refractivity contribution in [1.29, 1.82) is 0 Å². The van der Waals surface area contributed by atoms with Crippen molar-refractivity contribution < 1.29 is 22.9 Å². The summed E-state index contributed by atoms with van der Waals surface area (Å²) in [5.74, 6) is 0. The van der Waals surface area contributed by atoms with Crippen LogP contribution in [0.3, 0.4) is 0 Å². The van der Waals surface area contributed by atoms with Gasteiger partial charge in [-0.2, -0.15) is 8.42 Å². The number of benzene rings is 1. The van der Waals surface area contributed by atoms with E-state index in [0.29, 0.717) is 18.5 Å². The van der Waals surface area contributed by atoms with Crippen LogP contribution in [0, 0.1) is 0 Å². The molecule has 4 N–H and O–H groups in total. The molecular weight excluding hydrogens is 260 g/mol. The van der Waals surface area contributed by atoms with Crippen molar-refractivity contribution in [1.82, 2.24) is 5.32 Å². The van der Waals surface area contributed by atoms with Gasteiger partial charge in [-0.15, -0.1) is 0 Å². The zero-order valence-electron chi connectivity index (χ0n) is 9.46. The van der Waals surface area contributed by atoms with Gasteiger partial charge in [0.25, 0.3) is 10.1 Å². The Morgan fingerprint density at radius 2 is 2.06 bits per heavy atom. The van der Waals surface area contributed by atoms with Gasteiger partial charge < -0.3 is 15.7 Å². The van der Waals surface area contributed by atoms with Crippen molar-refractivity contribution in [2.45, 2.75) is 11.4 Å². The molecule has 0 aliphatic carbocycles. The number of rotatable bonds is 7. The van der Waals surface area contributed by atoms with Gasteiger partial charge in [0.15, 0.2) is 0 Å². The number of amides is 1. The summed E-state index contributed by atoms with van der Waals surface area (Å²) in [6.07, 6.45) is 0.410. The number of hydrogen-bond donors (Lipinski definition) is 4. The molecule has 0 heterocycles. The number of aliphatic hydroxyl groups excluding tert-OH is 1. The highest BCUT2D eigenvalue weighted by atomic mass is 32.2. The molecule has 0 aliphatic rings. The summed E-state index contributed by atoms with van der Waals surface area (Å²) in [4.78, 5) is 9.99. The first-order chi connectivity index (χ1) is 8.49. The van der Waals surface area contributed by atoms with Gasteiger partial charge >= 0.3 is 0 Å². The van der Waals surface area contributed by atoms with Crippen molar-refractivity contribution in [3.63, 3.8) is 0 Å². The number of carbonyl (C=O) groups excluding carboxylic acids is 1. The van der Waals surface area contributed by atoms with Crippen molar-refractivity contribution in [3.8, 4) is 0 Å². The van der Waals surface area contributed by atoms with Gasteiger partial charge in [-0.25, -0.2) is 0 Å². The molecule has 0 bridgehead atoms. The molecule has 0 unspecified atom stereocenters. The van der Waals surface area contributed by atoms with E-state index < -0.39 is 10.1 Å². The third kappa shape index (κ3) is 4.08. The molecule has 0 aromatic heterocycles. The van der Waals surface area contributed by atoms with Gasteiger partial charge in [0.2, 0.25) is 6.41 Å². The van der Waals surface area contributed by atoms with Crippen LogP contribution in [0.4, 0.5) is 5.69 Å². The Balaban J connectivity index is 3.05. The molecule has 0 saturated heterocycles. The van der Waals surface area contributed by atoms with Crippen LogP contribution in [-0.2, 0) is 21.5 Å². The van der Waals surface area contributed by atoms with Gasteiger partial charge in [0.1, 0.15) is 4.90 Å². The van der Waals surface area contributed by atoms with Crippen molar-refractivity contribution in [2.75, 3.05) is 18.5 Å². The second kappa shape index (κ2) is 6.45. The zero-order valence-corrected chi connectivity index (χ0v) is 10.3. The average Bonchev–Trinajstić information content (AvgIpc) is 2.30. The Morgan fingerprint density at radius 1 is 1.33 bits per heavy atom. The smallest absolute Gasteiger partial charge is 0.294 e. The molecule has 1 amide bonds. The molecule has 18 heavy (non-hydrogen) atoms. The highest BCUT2D eigenvalue weighted by molar-refractivity contribution is 7.85. The quantitative estimate of drug-likeness (QED) is 0.305. The Bertz CT molecular complexity index is 515. The van der Waals surface area contributed by atoms with Crippen molar-refractivity contribution in [3.05, 3.63) is 23.8 Å². The minimum Gasteiger partial charge on any atom is -0.395 e. The fourth-order valence-corrected chi connectivity index (χ4v) is 2.15. The van der Waals surface area contributed by atoms with Crippen LogP contribution in [-0.4, -0.2) is 37.6 Å². The third-order valence-electron chi connectivity index (χ3n) is 2.17. The summed E-state index contributed by atoms with van der Waals surface area (Å²) in [5, 5.41) is 13.7. The summed E-state index contributed by atoms with van der Waals surface area (Å²) in [6.45, 7) is 0.405. The van der Waals surface area contributed by atoms with E-state index in [4.69, 9.17) is 9.66 Å². The summed E-state index contributed by atoms with van der Waals surface area (Å²) >= 11 is 0. The fourth-order valence-electron chi connectivity index (χ4n) is 1.40. The van der Waals surface area contributed by atoms with Crippen molar-refractivity contribution >= 4 is 22.2 Å². The summed E-state index contributed by atoms with van der Waals surface area (Å²) < 4.78 is 31.5. The van der Waals surface area contributed by atoms with Crippen LogP contribution in [0.5, 0.6) is 0 Å². The maximum atomic E-state index is 11.2. The van der Waals surface area contributed by atoms with E-state index in [1.54, 1.807) is 0 Å². The molecule has 7 nitrogen and oxygen atoms in total. The predicted octanol–water partition coefficient (Wildman–Crippen LogP) is -0.416. The predicted molar refractivity (Wildman–Crippen MR) is 64.7 cm³/mol. The molecule has 0 fully saturated rings. The Labute approximate surface area is 105 Å². The molecule has 1 rings (SSSR count). The number of nitrogens with one attached hydrogen (secondary N) is 2. The molecule has 0 atom stereocenters. The van der Waals surface area contributed by atoms with Crippen molar-refractivity contribution in [2.24, 2.45) is 0 Å². The SMILES string of the molecule is O=CNc1ccc(CNCCO)c(S(=O)(=O)O)c1. The highest BCUT2D eigenvalue weighted by Crippen LogP contribution is 2.20. The lowest BCUT2D eigenvalue weighted by Crippen LogP contribution is -2.19. The van der Waals surface area contributed by atoms with E-state index in [1.807, 2.05) is 0 Å². The van der Waals surface area contributed by atoms with Crippen LogP contribution in [0.1, 0.15) is 5.56 Å². The first-order valence-corrected chi connectivity index (χ1v) is 6.55. The first kappa shape index (κ1) is 14.6. The van der Waals surface area contributed by atoms with Gasteiger partial charge in [-0.1, -0.05) is 6.07 Å². The second-order valence-corrected chi connectivity index (χ2v) is 4.85. The molecular formula is C10H14N2O5S. The summed E-state index contributed by atoms with van der Waals surface area (Å²) in [6, 6.07) is 4.15. The van der Waals surface area contributed by atoms with E-state index in [0.717, 1.165) is 0 Å². The largest absolute Gasteiger partial charge is 0.395 e. The lowest BCUT2D eigenvalue weighted by atomic mass is 10.2. The van der Waals surface area contributed by atoms with E-state index in [2.05, 4.69) is 10.6 Å². The number of hydrogen-bond acceptors (Lipinski definition) is 5. The highest BCUT2D eigenvalue weighted by Gasteiger charge is 2.15. The number of anilines is 1. The topological polar surface area (TPSA) is 116 Å². The molecule has 1 aromatic carbocycles. The Morgan fingerprint density at radius 3 is 2.61 bits per heavy atom. The normalized spacial score (nSPS) is 11.2. The van der Waals surface area contributed by atoms with E-state index in [-0.39, 0.29) is 23.7 Å².